The van der Waals surface area contributed by atoms with Crippen molar-refractivity contribution in [2.24, 2.45) is 4.99 Å². The number of hydrogen-bond donors (Lipinski definition) is 3. The largest absolute Gasteiger partial charge is 0.376 e. The predicted molar refractivity (Wildman–Crippen MR) is 119 cm³/mol. The van der Waals surface area contributed by atoms with E-state index >= 15 is 0 Å². The Morgan fingerprint density at radius 1 is 1.15 bits per heavy atom. The van der Waals surface area contributed by atoms with Gasteiger partial charge < -0.3 is 20.7 Å². The maximum Gasteiger partial charge on any atom is 0.252 e. The number of nitrogens with zero attached hydrogens (tertiary/aromatic N) is 2. The molecule has 0 unspecified atom stereocenters. The first-order valence-electron chi connectivity index (χ1n) is 9.54. The molecule has 1 fully saturated rings. The van der Waals surface area contributed by atoms with Crippen LogP contribution in [-0.4, -0.2) is 56.2 Å². The van der Waals surface area contributed by atoms with Crippen LogP contribution in [0, 0.1) is 0 Å². The highest BCUT2D eigenvalue weighted by atomic mass is 127. The Labute approximate surface area is 179 Å². The molecule has 1 aromatic heterocycles. The first-order chi connectivity index (χ1) is 12.8. The zero-order valence-electron chi connectivity index (χ0n) is 16.1. The minimum absolute atomic E-state index is 0. The highest BCUT2D eigenvalue weighted by Gasteiger charge is 2.12. The van der Waals surface area contributed by atoms with Gasteiger partial charge in [0.2, 0.25) is 0 Å². The van der Waals surface area contributed by atoms with E-state index in [-0.39, 0.29) is 29.9 Å². The van der Waals surface area contributed by atoms with Gasteiger partial charge in [0, 0.05) is 39.1 Å². The van der Waals surface area contributed by atoms with Gasteiger partial charge in [-0.15, -0.1) is 24.0 Å². The molecule has 1 aliphatic rings. The lowest BCUT2D eigenvalue weighted by Gasteiger charge is -2.17. The third-order valence-electron chi connectivity index (χ3n) is 4.40. The molecule has 0 aromatic carbocycles. The fraction of sp³-hybridized carbons (Fsp3) is 0.632. The first-order valence-corrected chi connectivity index (χ1v) is 9.54. The number of carbonyl (C=O) groups excluding carboxylic acids is 1. The Kier molecular flexibility index (Phi) is 12.8. The van der Waals surface area contributed by atoms with Gasteiger partial charge in [0.15, 0.2) is 5.96 Å². The monoisotopic (exact) mass is 489 g/mol. The lowest BCUT2D eigenvalue weighted by Crippen LogP contribution is -2.42. The first kappa shape index (κ1) is 23.6. The molecule has 0 atom stereocenters. The van der Waals surface area contributed by atoms with Crippen LogP contribution in [0.3, 0.4) is 0 Å². The van der Waals surface area contributed by atoms with Crippen LogP contribution < -0.4 is 16.0 Å². The van der Waals surface area contributed by atoms with Crippen molar-refractivity contribution in [2.75, 3.05) is 33.3 Å². The van der Waals surface area contributed by atoms with Gasteiger partial charge in [-0.05, 0) is 25.0 Å². The van der Waals surface area contributed by atoms with E-state index in [0.717, 1.165) is 6.54 Å². The van der Waals surface area contributed by atoms with Crippen molar-refractivity contribution in [3.8, 4) is 0 Å². The minimum Gasteiger partial charge on any atom is -0.376 e. The average molecular weight is 489 g/mol. The zero-order chi connectivity index (χ0) is 18.5. The highest BCUT2D eigenvalue weighted by molar-refractivity contribution is 14.0. The van der Waals surface area contributed by atoms with Gasteiger partial charge in [-0.2, -0.15) is 0 Å². The third kappa shape index (κ3) is 9.90. The summed E-state index contributed by atoms with van der Waals surface area (Å²) in [4.78, 5) is 20.0. The van der Waals surface area contributed by atoms with Gasteiger partial charge in [-0.1, -0.05) is 25.7 Å². The molecule has 0 spiro atoms. The average Bonchev–Trinajstić information content (AvgIpc) is 2.96. The van der Waals surface area contributed by atoms with E-state index in [1.807, 2.05) is 0 Å². The summed E-state index contributed by atoms with van der Waals surface area (Å²) in [5.41, 5.74) is 0.561. The van der Waals surface area contributed by atoms with Gasteiger partial charge in [-0.3, -0.25) is 14.8 Å². The quantitative estimate of drug-likeness (QED) is 0.172. The number of aromatic nitrogens is 1. The summed E-state index contributed by atoms with van der Waals surface area (Å²) in [5, 5.41) is 9.26. The zero-order valence-corrected chi connectivity index (χ0v) is 18.4. The summed E-state index contributed by atoms with van der Waals surface area (Å²) < 4.78 is 5.96. The van der Waals surface area contributed by atoms with Gasteiger partial charge in [-0.25, -0.2) is 0 Å². The van der Waals surface area contributed by atoms with Crippen LogP contribution in [0.2, 0.25) is 0 Å². The number of carbonyl (C=O) groups is 1. The minimum atomic E-state index is -0.125. The van der Waals surface area contributed by atoms with Crippen LogP contribution in [0.5, 0.6) is 0 Å². The SMILES string of the molecule is CN=C(NCCNC(=O)c1cccnc1)NCCOC1CCCCCC1.I. The Hall–Kier alpha value is -1.42. The molecular weight excluding hydrogens is 457 g/mol. The molecule has 0 bridgehead atoms. The second-order valence-electron chi connectivity index (χ2n) is 6.41. The Bertz CT molecular complexity index is 548. The molecule has 152 valence electrons. The molecule has 2 rings (SSSR count). The van der Waals surface area contributed by atoms with Gasteiger partial charge >= 0.3 is 0 Å². The van der Waals surface area contributed by atoms with Crippen LogP contribution >= 0.6 is 24.0 Å². The van der Waals surface area contributed by atoms with Crippen LogP contribution in [0.4, 0.5) is 0 Å². The van der Waals surface area contributed by atoms with Gasteiger partial charge in [0.1, 0.15) is 0 Å². The van der Waals surface area contributed by atoms with Crippen molar-refractivity contribution in [1.29, 1.82) is 0 Å². The highest BCUT2D eigenvalue weighted by Crippen LogP contribution is 2.19. The van der Waals surface area contributed by atoms with Crippen LogP contribution in [-0.2, 0) is 4.74 Å². The summed E-state index contributed by atoms with van der Waals surface area (Å²) in [7, 11) is 1.73. The molecule has 27 heavy (non-hydrogen) atoms. The molecule has 1 aliphatic carbocycles. The summed E-state index contributed by atoms with van der Waals surface area (Å²) in [6.45, 7) is 2.50. The second-order valence-corrected chi connectivity index (χ2v) is 6.41. The number of rotatable bonds is 8. The van der Waals surface area contributed by atoms with E-state index in [4.69, 9.17) is 4.74 Å². The lowest BCUT2D eigenvalue weighted by atomic mass is 10.1. The van der Waals surface area contributed by atoms with E-state index in [1.165, 1.54) is 38.5 Å². The fourth-order valence-electron chi connectivity index (χ4n) is 2.98. The molecule has 1 aromatic rings. The Morgan fingerprint density at radius 3 is 2.52 bits per heavy atom. The molecule has 7 nitrogen and oxygen atoms in total. The summed E-state index contributed by atoms with van der Waals surface area (Å²) >= 11 is 0. The van der Waals surface area contributed by atoms with Crippen LogP contribution in [0.1, 0.15) is 48.9 Å². The smallest absolute Gasteiger partial charge is 0.252 e. The van der Waals surface area contributed by atoms with E-state index in [9.17, 15) is 4.79 Å². The summed E-state index contributed by atoms with van der Waals surface area (Å²) in [5.74, 6) is 0.588. The van der Waals surface area contributed by atoms with E-state index < -0.39 is 0 Å². The van der Waals surface area contributed by atoms with Crippen molar-refractivity contribution >= 4 is 35.8 Å². The number of pyridine rings is 1. The lowest BCUT2D eigenvalue weighted by molar-refractivity contribution is 0.0468. The molecule has 3 N–H and O–H groups in total. The van der Waals surface area contributed by atoms with Gasteiger partial charge in [0.25, 0.3) is 5.91 Å². The number of guanidine groups is 1. The van der Waals surface area contributed by atoms with Crippen LogP contribution in [0.25, 0.3) is 0 Å². The molecule has 0 aliphatic heterocycles. The standard InChI is InChI=1S/C19H31N5O2.HI/c1-20-19(24-13-14-26-17-8-4-2-3-5-9-17)23-12-11-22-18(25)16-7-6-10-21-15-16;/h6-7,10,15,17H,2-5,8-9,11-14H2,1H3,(H,22,25)(H2,20,23,24);1H. The second kappa shape index (κ2) is 14.6. The third-order valence-corrected chi connectivity index (χ3v) is 4.40. The maximum atomic E-state index is 11.9. The number of ether oxygens (including phenoxy) is 1. The molecule has 1 saturated carbocycles. The Balaban J connectivity index is 0.00000364. The Morgan fingerprint density at radius 2 is 1.85 bits per heavy atom. The molecule has 0 radical (unpaired) electrons. The number of nitrogens with one attached hydrogen (secondary N) is 3. The fourth-order valence-corrected chi connectivity index (χ4v) is 2.98. The number of hydrogen-bond acceptors (Lipinski definition) is 4. The normalized spacial score (nSPS) is 15.4. The number of halogens is 1. The van der Waals surface area contributed by atoms with Crippen LogP contribution in [0.15, 0.2) is 29.5 Å². The topological polar surface area (TPSA) is 87.6 Å². The summed E-state index contributed by atoms with van der Waals surface area (Å²) in [6.07, 6.45) is 11.2. The van der Waals surface area contributed by atoms with E-state index in [1.54, 1.807) is 31.6 Å². The predicted octanol–water partition coefficient (Wildman–Crippen LogP) is 2.33. The van der Waals surface area contributed by atoms with E-state index in [2.05, 4.69) is 25.9 Å². The van der Waals surface area contributed by atoms with Crippen molar-refractivity contribution in [1.82, 2.24) is 20.9 Å². The van der Waals surface area contributed by atoms with Crippen molar-refractivity contribution in [2.45, 2.75) is 44.6 Å². The van der Waals surface area contributed by atoms with Crippen molar-refractivity contribution in [3.05, 3.63) is 30.1 Å². The van der Waals surface area contributed by atoms with Gasteiger partial charge in [0.05, 0.1) is 18.3 Å². The number of aliphatic imine (C=N–C) groups is 1. The molecular formula is C19H32IN5O2. The molecule has 1 heterocycles. The van der Waals surface area contributed by atoms with Crippen molar-refractivity contribution in [3.63, 3.8) is 0 Å². The maximum absolute atomic E-state index is 11.9. The molecule has 8 heteroatoms. The number of amides is 1. The molecule has 1 amide bonds. The molecule has 0 saturated heterocycles. The van der Waals surface area contributed by atoms with Crippen molar-refractivity contribution < 1.29 is 9.53 Å². The summed E-state index contributed by atoms with van der Waals surface area (Å²) in [6, 6.07) is 3.49. The van der Waals surface area contributed by atoms with E-state index in [0.29, 0.717) is 37.3 Å².